The summed E-state index contributed by atoms with van der Waals surface area (Å²) < 4.78 is 88.3. The molecule has 4 heterocycles. The number of benzene rings is 10. The Kier molecular flexibility index (Phi) is 8.92. The van der Waals surface area contributed by atoms with E-state index in [1.165, 1.54) is 5.56 Å². The lowest BCUT2D eigenvalue weighted by Crippen LogP contribution is -2.31. The molecule has 14 rings (SSSR count). The topological polar surface area (TPSA) is 40.8 Å². The fourth-order valence-corrected chi connectivity index (χ4v) is 11.1. The molecule has 0 amide bonds. The van der Waals surface area contributed by atoms with Gasteiger partial charge in [-0.2, -0.15) is 0 Å². The van der Waals surface area contributed by atoms with E-state index in [-0.39, 0.29) is 27.2 Å². The van der Waals surface area contributed by atoms with Crippen molar-refractivity contribution >= 4 is 54.6 Å². The highest BCUT2D eigenvalue weighted by Gasteiger charge is 2.25. The van der Waals surface area contributed by atoms with Crippen molar-refractivity contribution in [1.82, 2.24) is 18.7 Å². The van der Waals surface area contributed by atoms with Crippen LogP contribution in [0.4, 0.5) is 0 Å². The van der Waals surface area contributed by atoms with Crippen LogP contribution >= 0.6 is 0 Å². The lowest BCUT2D eigenvalue weighted by Gasteiger charge is -2.25. The maximum absolute atomic E-state index is 9.55. The van der Waals surface area contributed by atoms with Crippen LogP contribution in [-0.2, 0) is 11.8 Å². The first-order chi connectivity index (χ1) is 40.8. The summed E-state index contributed by atoms with van der Waals surface area (Å²) in [5, 5.41) is 1.34. The second-order valence-corrected chi connectivity index (χ2v) is 19.7. The summed E-state index contributed by atoms with van der Waals surface area (Å²) in [5.74, 6) is 1.41. The Morgan fingerprint density at radius 1 is 0.526 bits per heavy atom. The molecule has 4 aromatic heterocycles. The number of aromatic nitrogens is 5. The Morgan fingerprint density at radius 3 is 1.86 bits per heavy atom. The largest absolute Gasteiger partial charge is 0.458 e. The SMILES string of the molecule is [2H]c1c([2H])c([2H])c2c(c1[2H])c1c([2H])c([2H])c([2H])c([2H])c1n2-c1cc(Oc2cccc(-n3[c-][n+](-c4c(-c5ccccc5)cccc4-c4ccccc4)c4ccccc43)c2)cc2c1c1ccccc1n2-c1cc(CC(C)(C)c2ccccc2)ccn1. The standard InChI is InChI=1S/C70H51N5O/c1-70(2,51-26-10-5-11-27-51)46-48-40-41-71-67(42-48)75-62-37-17-14-32-59(62)68-65(74-60-35-15-12-30-57(60)58-31-13-16-36-61(58)74)44-54(45-66(68)75)76-53-29-20-28-52(43-53)72-47-73(64-39-19-18-38-63(64)72)69-55(49-22-6-3-7-23-49)33-21-34-56(69)50-24-8-4-9-25-50/h3-45H,46H2,1-2H3/i12D,13D,15D,16D,30D,31D,35D,36D. The zero-order valence-electron chi connectivity index (χ0n) is 49.6. The molecule has 0 aliphatic carbocycles. The summed E-state index contributed by atoms with van der Waals surface area (Å²) in [6.45, 7) is 4.45. The molecule has 362 valence electrons. The highest BCUT2D eigenvalue weighted by Crippen LogP contribution is 2.43. The number of pyridine rings is 1. The normalized spacial score (nSPS) is 13.3. The number of ether oxygens (including phenoxy) is 1. The van der Waals surface area contributed by atoms with Crippen LogP contribution in [0, 0.1) is 6.33 Å². The van der Waals surface area contributed by atoms with Gasteiger partial charge in [-0.15, -0.1) is 0 Å². The van der Waals surface area contributed by atoms with Crippen molar-refractivity contribution in [1.29, 1.82) is 0 Å². The number of hydrogen-bond donors (Lipinski definition) is 0. The van der Waals surface area contributed by atoms with Crippen molar-refractivity contribution in [2.75, 3.05) is 0 Å². The summed E-state index contributed by atoms with van der Waals surface area (Å²) in [6, 6.07) is 65.5. The van der Waals surface area contributed by atoms with E-state index in [1.807, 2.05) is 126 Å². The van der Waals surface area contributed by atoms with Crippen LogP contribution in [0.15, 0.2) is 261 Å². The summed E-state index contributed by atoms with van der Waals surface area (Å²) in [4.78, 5) is 5.03. The fraction of sp³-hybridized carbons (Fsp3) is 0.0571. The van der Waals surface area contributed by atoms with Gasteiger partial charge in [0, 0.05) is 39.9 Å². The molecule has 10 aromatic carbocycles. The van der Waals surface area contributed by atoms with Crippen LogP contribution in [0.1, 0.15) is 35.9 Å². The Morgan fingerprint density at radius 2 is 1.14 bits per heavy atom. The smallest absolute Gasteiger partial charge is 0.269 e. The van der Waals surface area contributed by atoms with E-state index < -0.39 is 48.3 Å². The third-order valence-corrected chi connectivity index (χ3v) is 14.5. The van der Waals surface area contributed by atoms with Crippen LogP contribution in [0.3, 0.4) is 0 Å². The van der Waals surface area contributed by atoms with Crippen molar-refractivity contribution in [3.8, 4) is 56.6 Å². The third kappa shape index (κ3) is 7.65. The van der Waals surface area contributed by atoms with E-state index in [1.54, 1.807) is 10.6 Å². The third-order valence-electron chi connectivity index (χ3n) is 14.5. The van der Waals surface area contributed by atoms with Crippen molar-refractivity contribution in [2.45, 2.75) is 25.7 Å². The molecule has 6 heteroatoms. The minimum absolute atomic E-state index is 0.00358. The Labute approximate surface area is 452 Å². The monoisotopic (exact) mass is 985 g/mol. The van der Waals surface area contributed by atoms with Crippen molar-refractivity contribution in [3.63, 3.8) is 0 Å². The zero-order valence-corrected chi connectivity index (χ0v) is 41.6. The molecular weight excluding hydrogens is 927 g/mol. The number of rotatable bonds is 11. The van der Waals surface area contributed by atoms with E-state index in [0.717, 1.165) is 61.1 Å². The second-order valence-electron chi connectivity index (χ2n) is 19.7. The van der Waals surface area contributed by atoms with E-state index >= 15 is 0 Å². The van der Waals surface area contributed by atoms with Gasteiger partial charge in [0.2, 0.25) is 0 Å². The summed E-state index contributed by atoms with van der Waals surface area (Å²) in [7, 11) is 0. The van der Waals surface area contributed by atoms with Gasteiger partial charge in [-0.1, -0.05) is 208 Å². The van der Waals surface area contributed by atoms with Gasteiger partial charge in [0.05, 0.1) is 61.1 Å². The van der Waals surface area contributed by atoms with Crippen LogP contribution in [0.25, 0.3) is 99.8 Å². The minimum Gasteiger partial charge on any atom is -0.458 e. The highest BCUT2D eigenvalue weighted by molar-refractivity contribution is 6.16. The zero-order chi connectivity index (χ0) is 57.7. The molecule has 0 N–H and O–H groups in total. The van der Waals surface area contributed by atoms with E-state index in [9.17, 15) is 5.48 Å². The van der Waals surface area contributed by atoms with Gasteiger partial charge in [-0.3, -0.25) is 13.7 Å². The van der Waals surface area contributed by atoms with Gasteiger partial charge >= 0.3 is 0 Å². The molecule has 0 fully saturated rings. The lowest BCUT2D eigenvalue weighted by atomic mass is 9.79. The average molecular weight is 986 g/mol. The molecule has 14 aromatic rings. The predicted molar refractivity (Wildman–Crippen MR) is 311 cm³/mol. The number of para-hydroxylation sites is 6. The fourth-order valence-electron chi connectivity index (χ4n) is 11.1. The van der Waals surface area contributed by atoms with E-state index in [2.05, 4.69) is 114 Å². The van der Waals surface area contributed by atoms with Crippen LogP contribution < -0.4 is 9.30 Å². The van der Waals surface area contributed by atoms with Gasteiger partial charge in [0.15, 0.2) is 0 Å². The van der Waals surface area contributed by atoms with E-state index in [4.69, 9.17) is 15.2 Å². The first-order valence-corrected chi connectivity index (χ1v) is 25.3. The summed E-state index contributed by atoms with van der Waals surface area (Å²) in [6.07, 6.45) is 6.28. The van der Waals surface area contributed by atoms with Gasteiger partial charge in [0.25, 0.3) is 6.33 Å². The van der Waals surface area contributed by atoms with Crippen LogP contribution in [0.2, 0.25) is 0 Å². The molecule has 0 spiro atoms. The Bertz CT molecular complexity index is 4840. The Balaban J connectivity index is 1.00. The van der Waals surface area contributed by atoms with Crippen molar-refractivity contribution in [2.24, 2.45) is 0 Å². The van der Waals surface area contributed by atoms with Crippen LogP contribution in [0.5, 0.6) is 11.5 Å². The molecule has 0 atom stereocenters. The lowest BCUT2D eigenvalue weighted by molar-refractivity contribution is -0.571. The molecular formula is C70H51N5O. The molecule has 0 saturated heterocycles. The number of nitrogens with zero attached hydrogens (tertiary/aromatic N) is 5. The van der Waals surface area contributed by atoms with Gasteiger partial charge < -0.3 is 9.30 Å². The summed E-state index contributed by atoms with van der Waals surface area (Å²) >= 11 is 0. The molecule has 0 radical (unpaired) electrons. The number of imidazole rings is 1. The average Bonchev–Trinajstić information content (AvgIpc) is 1.72. The number of hydrogen-bond acceptors (Lipinski definition) is 2. The second kappa shape index (κ2) is 18.3. The molecule has 0 aliphatic heterocycles. The van der Waals surface area contributed by atoms with Gasteiger partial charge in [0.1, 0.15) is 17.3 Å². The van der Waals surface area contributed by atoms with Crippen LogP contribution in [-0.4, -0.2) is 18.7 Å². The first-order valence-electron chi connectivity index (χ1n) is 29.3. The maximum Gasteiger partial charge on any atom is 0.269 e. The maximum atomic E-state index is 9.55. The molecule has 0 unspecified atom stereocenters. The molecule has 6 nitrogen and oxygen atoms in total. The predicted octanol–water partition coefficient (Wildman–Crippen LogP) is 16.9. The van der Waals surface area contributed by atoms with Crippen molar-refractivity contribution in [3.05, 3.63) is 278 Å². The Hall–Kier alpha value is -9.78. The molecule has 76 heavy (non-hydrogen) atoms. The number of fused-ring (bicyclic) bond motifs is 7. The van der Waals surface area contributed by atoms with E-state index in [0.29, 0.717) is 40.3 Å². The van der Waals surface area contributed by atoms with Gasteiger partial charge in [-0.25, -0.2) is 4.98 Å². The first kappa shape index (κ1) is 37.0. The minimum atomic E-state index is -0.519. The highest BCUT2D eigenvalue weighted by atomic mass is 16.5. The summed E-state index contributed by atoms with van der Waals surface area (Å²) in [5.41, 5.74) is 11.5. The molecule has 0 aliphatic rings. The quantitative estimate of drug-likeness (QED) is 0.0957. The van der Waals surface area contributed by atoms with Gasteiger partial charge in [-0.05, 0) is 93.7 Å². The molecule has 0 bridgehead atoms. The van der Waals surface area contributed by atoms with Crippen molar-refractivity contribution < 1.29 is 20.3 Å². The molecule has 0 saturated carbocycles.